The summed E-state index contributed by atoms with van der Waals surface area (Å²) in [5.41, 5.74) is -0.973. The first-order valence-electron chi connectivity index (χ1n) is 6.73. The quantitative estimate of drug-likeness (QED) is 0.813. The Labute approximate surface area is 113 Å². The van der Waals surface area contributed by atoms with Crippen LogP contribution in [0, 0.1) is 5.92 Å². The summed E-state index contributed by atoms with van der Waals surface area (Å²) in [6, 6.07) is 6.74. The molecule has 1 N–H and O–H groups in total. The van der Waals surface area contributed by atoms with Gasteiger partial charge in [0.1, 0.15) is 5.75 Å². The van der Waals surface area contributed by atoms with E-state index in [1.54, 1.807) is 38.1 Å². The molecule has 0 amide bonds. The number of halogens is 2. The van der Waals surface area contributed by atoms with Crippen LogP contribution in [0.25, 0.3) is 0 Å². The van der Waals surface area contributed by atoms with Crippen molar-refractivity contribution in [3.8, 4) is 5.75 Å². The fraction of sp³-hybridized carbons (Fsp3) is 0.600. The molecule has 0 heterocycles. The van der Waals surface area contributed by atoms with E-state index in [-0.39, 0.29) is 12.8 Å². The Bertz CT molecular complexity index is 378. The maximum Gasteiger partial charge on any atom is 0.244 e. The van der Waals surface area contributed by atoms with Gasteiger partial charge in [0.25, 0.3) is 0 Å². The molecule has 0 aliphatic heterocycles. The van der Waals surface area contributed by atoms with E-state index in [1.807, 2.05) is 6.92 Å². The third-order valence-corrected chi connectivity index (χ3v) is 3.56. The summed E-state index contributed by atoms with van der Waals surface area (Å²) >= 11 is 0. The van der Waals surface area contributed by atoms with Crippen molar-refractivity contribution >= 4 is 0 Å². The molecule has 2 nitrogen and oxygen atoms in total. The standard InChI is InChI=1S/C15H22F2O2/c1-4-13(14(16)17)15(18,5-2)11-7-9-12(10-8-11)19-6-3/h7-10,13-14,18H,4-6H2,1-3H3. The summed E-state index contributed by atoms with van der Waals surface area (Å²) in [6.45, 7) is 5.82. The van der Waals surface area contributed by atoms with Gasteiger partial charge in [-0.25, -0.2) is 8.78 Å². The highest BCUT2D eigenvalue weighted by Crippen LogP contribution is 2.39. The Morgan fingerprint density at radius 1 is 1.16 bits per heavy atom. The fourth-order valence-electron chi connectivity index (χ4n) is 2.41. The third kappa shape index (κ3) is 3.44. The van der Waals surface area contributed by atoms with Gasteiger partial charge in [-0.05, 0) is 37.5 Å². The number of hydrogen-bond acceptors (Lipinski definition) is 2. The summed E-state index contributed by atoms with van der Waals surface area (Å²) in [7, 11) is 0. The minimum absolute atomic E-state index is 0.231. The molecule has 0 spiro atoms. The lowest BCUT2D eigenvalue weighted by Gasteiger charge is -2.35. The zero-order valence-corrected chi connectivity index (χ0v) is 11.7. The van der Waals surface area contributed by atoms with E-state index in [2.05, 4.69) is 0 Å². The predicted molar refractivity (Wildman–Crippen MR) is 71.6 cm³/mol. The maximum atomic E-state index is 13.1. The summed E-state index contributed by atoms with van der Waals surface area (Å²) < 4.78 is 31.5. The van der Waals surface area contributed by atoms with Crippen molar-refractivity contribution in [2.45, 2.75) is 45.6 Å². The highest BCUT2D eigenvalue weighted by molar-refractivity contribution is 5.31. The molecule has 108 valence electrons. The first kappa shape index (κ1) is 15.9. The molecule has 0 aliphatic rings. The van der Waals surface area contributed by atoms with Gasteiger partial charge in [-0.15, -0.1) is 0 Å². The van der Waals surface area contributed by atoms with Gasteiger partial charge in [-0.2, -0.15) is 0 Å². The van der Waals surface area contributed by atoms with Crippen molar-refractivity contribution in [1.82, 2.24) is 0 Å². The van der Waals surface area contributed by atoms with Crippen LogP contribution in [0.2, 0.25) is 0 Å². The van der Waals surface area contributed by atoms with Crippen molar-refractivity contribution < 1.29 is 18.6 Å². The number of alkyl halides is 2. The molecule has 1 aromatic carbocycles. The highest BCUT2D eigenvalue weighted by atomic mass is 19.3. The van der Waals surface area contributed by atoms with E-state index in [0.29, 0.717) is 17.9 Å². The number of rotatable bonds is 7. The van der Waals surface area contributed by atoms with E-state index in [1.165, 1.54) is 0 Å². The highest BCUT2D eigenvalue weighted by Gasteiger charge is 2.41. The third-order valence-electron chi connectivity index (χ3n) is 3.56. The summed E-state index contributed by atoms with van der Waals surface area (Å²) in [5.74, 6) is -0.384. The van der Waals surface area contributed by atoms with Gasteiger partial charge in [-0.3, -0.25) is 0 Å². The topological polar surface area (TPSA) is 29.5 Å². The van der Waals surface area contributed by atoms with Crippen molar-refractivity contribution in [1.29, 1.82) is 0 Å². The second-order valence-electron chi connectivity index (χ2n) is 4.58. The number of ether oxygens (including phenoxy) is 1. The lowest BCUT2D eigenvalue weighted by Crippen LogP contribution is -2.38. The minimum Gasteiger partial charge on any atom is -0.494 e. The maximum absolute atomic E-state index is 13.1. The molecule has 1 aromatic rings. The Kier molecular flexibility index (Phi) is 5.73. The van der Waals surface area contributed by atoms with Crippen LogP contribution < -0.4 is 4.74 Å². The molecular formula is C15H22F2O2. The van der Waals surface area contributed by atoms with Crippen LogP contribution in [0.5, 0.6) is 5.75 Å². The average Bonchev–Trinajstić information content (AvgIpc) is 2.40. The molecule has 0 saturated heterocycles. The van der Waals surface area contributed by atoms with Crippen LogP contribution in [0.4, 0.5) is 8.78 Å². The van der Waals surface area contributed by atoms with E-state index in [9.17, 15) is 13.9 Å². The zero-order chi connectivity index (χ0) is 14.5. The van der Waals surface area contributed by atoms with Crippen LogP contribution in [-0.4, -0.2) is 18.1 Å². The van der Waals surface area contributed by atoms with Gasteiger partial charge in [0, 0.05) is 0 Å². The Morgan fingerprint density at radius 2 is 1.74 bits per heavy atom. The second kappa shape index (κ2) is 6.85. The molecule has 0 radical (unpaired) electrons. The van der Waals surface area contributed by atoms with Gasteiger partial charge in [0.2, 0.25) is 6.43 Å². The van der Waals surface area contributed by atoms with Crippen LogP contribution in [0.15, 0.2) is 24.3 Å². The predicted octanol–water partition coefficient (Wildman–Crippen LogP) is 3.97. The van der Waals surface area contributed by atoms with Gasteiger partial charge in [0.05, 0.1) is 18.1 Å². The summed E-state index contributed by atoms with van der Waals surface area (Å²) in [4.78, 5) is 0. The van der Waals surface area contributed by atoms with Crippen molar-refractivity contribution in [2.75, 3.05) is 6.61 Å². The monoisotopic (exact) mass is 272 g/mol. The van der Waals surface area contributed by atoms with Crippen LogP contribution in [0.3, 0.4) is 0 Å². The first-order chi connectivity index (χ1) is 8.99. The number of benzene rings is 1. The van der Waals surface area contributed by atoms with E-state index in [4.69, 9.17) is 4.74 Å². The van der Waals surface area contributed by atoms with Crippen molar-refractivity contribution in [3.63, 3.8) is 0 Å². The lowest BCUT2D eigenvalue weighted by atomic mass is 9.78. The number of hydrogen-bond donors (Lipinski definition) is 1. The normalized spacial score (nSPS) is 16.2. The molecule has 0 fully saturated rings. The largest absolute Gasteiger partial charge is 0.494 e. The second-order valence-corrected chi connectivity index (χ2v) is 4.58. The smallest absolute Gasteiger partial charge is 0.244 e. The van der Waals surface area contributed by atoms with Gasteiger partial charge >= 0.3 is 0 Å². The Hall–Kier alpha value is -1.16. The van der Waals surface area contributed by atoms with Crippen molar-refractivity contribution in [2.24, 2.45) is 5.92 Å². The first-order valence-corrected chi connectivity index (χ1v) is 6.73. The molecule has 1 rings (SSSR count). The Morgan fingerprint density at radius 3 is 2.11 bits per heavy atom. The van der Waals surface area contributed by atoms with Crippen LogP contribution >= 0.6 is 0 Å². The minimum atomic E-state index is -2.54. The molecular weight excluding hydrogens is 250 g/mol. The fourth-order valence-corrected chi connectivity index (χ4v) is 2.41. The van der Waals surface area contributed by atoms with Gasteiger partial charge in [-0.1, -0.05) is 26.0 Å². The van der Waals surface area contributed by atoms with Gasteiger partial charge in [0.15, 0.2) is 0 Å². The molecule has 2 atom stereocenters. The van der Waals surface area contributed by atoms with E-state index >= 15 is 0 Å². The van der Waals surface area contributed by atoms with E-state index < -0.39 is 17.9 Å². The molecule has 0 aromatic heterocycles. The summed E-state index contributed by atoms with van der Waals surface area (Å²) in [5, 5.41) is 10.6. The molecule has 0 aliphatic carbocycles. The molecule has 2 unspecified atom stereocenters. The lowest BCUT2D eigenvalue weighted by molar-refractivity contribution is -0.0944. The SMILES string of the molecule is CCOc1ccc(C(O)(CC)C(CC)C(F)F)cc1. The molecule has 19 heavy (non-hydrogen) atoms. The molecule has 4 heteroatoms. The van der Waals surface area contributed by atoms with Gasteiger partial charge < -0.3 is 9.84 Å². The summed E-state index contributed by atoms with van der Waals surface area (Å²) in [6.07, 6.45) is -2.06. The average molecular weight is 272 g/mol. The van der Waals surface area contributed by atoms with Crippen LogP contribution in [0.1, 0.15) is 39.2 Å². The Balaban J connectivity index is 3.06. The number of aliphatic hydroxyl groups is 1. The zero-order valence-electron chi connectivity index (χ0n) is 11.7. The molecule has 0 bridgehead atoms. The molecule has 0 saturated carbocycles. The van der Waals surface area contributed by atoms with E-state index in [0.717, 1.165) is 0 Å². The van der Waals surface area contributed by atoms with Crippen molar-refractivity contribution in [3.05, 3.63) is 29.8 Å². The van der Waals surface area contributed by atoms with Crippen LogP contribution in [-0.2, 0) is 5.60 Å².